The average molecular weight is 469 g/mol. The van der Waals surface area contributed by atoms with Crippen molar-refractivity contribution in [1.82, 2.24) is 10.3 Å². The van der Waals surface area contributed by atoms with Gasteiger partial charge in [-0.2, -0.15) is 0 Å². The Morgan fingerprint density at radius 1 is 1.18 bits per heavy atom. The van der Waals surface area contributed by atoms with Gasteiger partial charge in [-0.3, -0.25) is 4.79 Å². The molecule has 0 amide bonds. The number of carbonyl (C=O) groups is 1. The molecule has 0 spiro atoms. The molecule has 0 aliphatic heterocycles. The molecule has 3 aromatic carbocycles. The minimum atomic E-state index is -0.888. The van der Waals surface area contributed by atoms with Crippen LogP contribution in [0.1, 0.15) is 30.0 Å². The largest absolute Gasteiger partial charge is 0.481 e. The van der Waals surface area contributed by atoms with Gasteiger partial charge in [-0.15, -0.1) is 0 Å². The van der Waals surface area contributed by atoms with E-state index in [0.29, 0.717) is 52.2 Å². The number of halogens is 3. The molecule has 5 nitrogen and oxygen atoms in total. The normalized spacial score (nSPS) is 15.2. The van der Waals surface area contributed by atoms with Crippen molar-refractivity contribution in [1.29, 1.82) is 0 Å². The summed E-state index contributed by atoms with van der Waals surface area (Å²) in [7, 11) is 0. The van der Waals surface area contributed by atoms with Crippen molar-refractivity contribution in [2.24, 2.45) is 0 Å². The van der Waals surface area contributed by atoms with E-state index < -0.39 is 11.8 Å². The number of carboxylic acids is 1. The zero-order valence-electron chi connectivity index (χ0n) is 17.4. The van der Waals surface area contributed by atoms with Gasteiger partial charge in [0.2, 0.25) is 5.89 Å². The summed E-state index contributed by atoms with van der Waals surface area (Å²) < 4.78 is 34.8. The Morgan fingerprint density at radius 2 is 1.97 bits per heavy atom. The third-order valence-electron chi connectivity index (χ3n) is 5.91. The van der Waals surface area contributed by atoms with Crippen LogP contribution in [0, 0.1) is 11.6 Å². The van der Waals surface area contributed by atoms with Gasteiger partial charge in [0.15, 0.2) is 11.4 Å². The molecule has 8 heteroatoms. The van der Waals surface area contributed by atoms with Gasteiger partial charge < -0.3 is 14.8 Å². The Morgan fingerprint density at radius 3 is 2.76 bits per heavy atom. The fourth-order valence-electron chi connectivity index (χ4n) is 4.35. The third-order valence-corrected chi connectivity index (χ3v) is 6.32. The second-order valence-electron chi connectivity index (χ2n) is 7.99. The maximum atomic E-state index is 15.3. The highest BCUT2D eigenvalue weighted by Crippen LogP contribution is 2.41. The van der Waals surface area contributed by atoms with E-state index in [2.05, 4.69) is 10.3 Å². The van der Waals surface area contributed by atoms with Crippen LogP contribution < -0.4 is 5.32 Å². The Balaban J connectivity index is 1.53. The third kappa shape index (κ3) is 3.98. The molecule has 1 aliphatic carbocycles. The minimum absolute atomic E-state index is 0.00911. The van der Waals surface area contributed by atoms with Crippen molar-refractivity contribution in [3.05, 3.63) is 76.3 Å². The number of aliphatic carboxylic acids is 1. The van der Waals surface area contributed by atoms with Gasteiger partial charge in [0.1, 0.15) is 11.3 Å². The second kappa shape index (κ2) is 8.57. The monoisotopic (exact) mass is 468 g/mol. The van der Waals surface area contributed by atoms with Gasteiger partial charge in [0.25, 0.3) is 0 Å². The van der Waals surface area contributed by atoms with Crippen molar-refractivity contribution < 1.29 is 23.1 Å². The SMILES string of the molecule is O=C(O)CCN[C@@H]1CCc2c1cc1nc(-c3cccc(-c4cccc(F)c4)c3Cl)oc1c2F. The molecule has 1 atom stereocenters. The quantitative estimate of drug-likeness (QED) is 0.355. The van der Waals surface area contributed by atoms with Gasteiger partial charge in [0, 0.05) is 18.2 Å². The number of hydrogen-bond donors (Lipinski definition) is 2. The summed E-state index contributed by atoms with van der Waals surface area (Å²) in [5.41, 5.74) is 3.44. The van der Waals surface area contributed by atoms with Crippen LogP contribution in [0.4, 0.5) is 8.78 Å². The first kappa shape index (κ1) is 21.6. The lowest BCUT2D eigenvalue weighted by Crippen LogP contribution is -2.22. The van der Waals surface area contributed by atoms with Crippen LogP contribution in [0.15, 0.2) is 52.9 Å². The molecule has 1 aromatic heterocycles. The summed E-state index contributed by atoms with van der Waals surface area (Å²) in [6.07, 6.45) is 1.19. The smallest absolute Gasteiger partial charge is 0.304 e. The van der Waals surface area contributed by atoms with E-state index in [9.17, 15) is 9.18 Å². The minimum Gasteiger partial charge on any atom is -0.481 e. The van der Waals surface area contributed by atoms with E-state index in [1.54, 1.807) is 36.4 Å². The van der Waals surface area contributed by atoms with E-state index in [1.807, 2.05) is 0 Å². The van der Waals surface area contributed by atoms with Crippen molar-refractivity contribution in [3.63, 3.8) is 0 Å². The number of carboxylic acid groups (broad SMARTS) is 1. The zero-order valence-corrected chi connectivity index (χ0v) is 18.1. The molecule has 5 rings (SSSR count). The van der Waals surface area contributed by atoms with Gasteiger partial charge in [-0.05, 0) is 53.8 Å². The van der Waals surface area contributed by atoms with E-state index in [1.165, 1.54) is 12.1 Å². The number of aromatic nitrogens is 1. The molecule has 0 radical (unpaired) electrons. The first-order chi connectivity index (χ1) is 15.9. The Bertz CT molecular complexity index is 1390. The Kier molecular flexibility index (Phi) is 5.60. The standard InChI is InChI=1S/C25H19ClF2N2O3/c26-22-15(13-3-1-4-14(27)11-13)5-2-6-17(22)25-30-20-12-18-16(23(28)24(20)33-25)7-8-19(18)29-10-9-21(31)32/h1-6,11-12,19,29H,7-10H2,(H,31,32)/t19-/m1/s1. The lowest BCUT2D eigenvalue weighted by Gasteiger charge is -2.13. The first-order valence-electron chi connectivity index (χ1n) is 10.5. The summed E-state index contributed by atoms with van der Waals surface area (Å²) in [5.74, 6) is -1.55. The van der Waals surface area contributed by atoms with Crippen LogP contribution in [-0.2, 0) is 11.2 Å². The van der Waals surface area contributed by atoms with Gasteiger partial charge in [0.05, 0.1) is 17.0 Å². The van der Waals surface area contributed by atoms with Crippen molar-refractivity contribution in [2.45, 2.75) is 25.3 Å². The molecule has 0 saturated carbocycles. The number of nitrogens with one attached hydrogen (secondary N) is 1. The van der Waals surface area contributed by atoms with Gasteiger partial charge in [-0.1, -0.05) is 35.9 Å². The molecule has 33 heavy (non-hydrogen) atoms. The molecular formula is C25H19ClF2N2O3. The van der Waals surface area contributed by atoms with Crippen LogP contribution in [0.5, 0.6) is 0 Å². The van der Waals surface area contributed by atoms with Crippen LogP contribution in [0.3, 0.4) is 0 Å². The summed E-state index contributed by atoms with van der Waals surface area (Å²) in [5, 5.41) is 12.4. The highest BCUT2D eigenvalue weighted by Gasteiger charge is 2.29. The van der Waals surface area contributed by atoms with Crippen LogP contribution in [-0.4, -0.2) is 22.6 Å². The summed E-state index contributed by atoms with van der Waals surface area (Å²) >= 11 is 6.63. The fourth-order valence-corrected chi connectivity index (χ4v) is 4.67. The maximum absolute atomic E-state index is 15.3. The number of hydrogen-bond acceptors (Lipinski definition) is 4. The summed E-state index contributed by atoms with van der Waals surface area (Å²) in [6.45, 7) is 0.297. The number of fused-ring (bicyclic) bond motifs is 2. The predicted molar refractivity (Wildman–Crippen MR) is 121 cm³/mol. The molecular weight excluding hydrogens is 450 g/mol. The Hall–Kier alpha value is -3.29. The number of benzene rings is 3. The average Bonchev–Trinajstić information content (AvgIpc) is 3.39. The van der Waals surface area contributed by atoms with E-state index in [4.69, 9.17) is 21.1 Å². The molecule has 1 aliphatic rings. The van der Waals surface area contributed by atoms with E-state index >= 15 is 4.39 Å². The highest BCUT2D eigenvalue weighted by atomic mass is 35.5. The maximum Gasteiger partial charge on any atom is 0.304 e. The Labute approximate surface area is 193 Å². The number of rotatable bonds is 6. The van der Waals surface area contributed by atoms with Crippen LogP contribution in [0.2, 0.25) is 5.02 Å². The fraction of sp³-hybridized carbons (Fsp3) is 0.200. The lowest BCUT2D eigenvalue weighted by atomic mass is 10.0. The predicted octanol–water partition coefficient (Wildman–Crippen LogP) is 6.15. The molecule has 168 valence electrons. The van der Waals surface area contributed by atoms with Crippen LogP contribution in [0.25, 0.3) is 33.7 Å². The van der Waals surface area contributed by atoms with E-state index in [-0.39, 0.29) is 29.8 Å². The molecule has 0 saturated heterocycles. The van der Waals surface area contributed by atoms with Gasteiger partial charge >= 0.3 is 5.97 Å². The molecule has 1 heterocycles. The lowest BCUT2D eigenvalue weighted by molar-refractivity contribution is -0.136. The summed E-state index contributed by atoms with van der Waals surface area (Å²) in [6, 6.07) is 13.0. The molecule has 2 N–H and O–H groups in total. The molecule has 4 aromatic rings. The first-order valence-corrected chi connectivity index (χ1v) is 10.9. The second-order valence-corrected chi connectivity index (χ2v) is 8.37. The number of oxazole rings is 1. The zero-order chi connectivity index (χ0) is 23.1. The molecule has 0 fully saturated rings. The van der Waals surface area contributed by atoms with Crippen molar-refractivity contribution in [2.75, 3.05) is 6.54 Å². The van der Waals surface area contributed by atoms with Crippen LogP contribution >= 0.6 is 11.6 Å². The van der Waals surface area contributed by atoms with Crippen molar-refractivity contribution in [3.8, 4) is 22.6 Å². The molecule has 0 bridgehead atoms. The van der Waals surface area contributed by atoms with Gasteiger partial charge in [-0.25, -0.2) is 13.8 Å². The van der Waals surface area contributed by atoms with Crippen molar-refractivity contribution >= 4 is 28.7 Å². The highest BCUT2D eigenvalue weighted by molar-refractivity contribution is 6.36. The molecule has 0 unspecified atom stereocenters. The number of nitrogens with zero attached hydrogens (tertiary/aromatic N) is 1. The van der Waals surface area contributed by atoms with E-state index in [0.717, 1.165) is 5.56 Å². The topological polar surface area (TPSA) is 75.4 Å². The summed E-state index contributed by atoms with van der Waals surface area (Å²) in [4.78, 5) is 15.3.